The summed E-state index contributed by atoms with van der Waals surface area (Å²) >= 11 is 0. The van der Waals surface area contributed by atoms with Crippen molar-refractivity contribution in [3.63, 3.8) is 0 Å². The van der Waals surface area contributed by atoms with Crippen LogP contribution in [0.4, 0.5) is 0 Å². The molecule has 0 fully saturated rings. The van der Waals surface area contributed by atoms with Crippen molar-refractivity contribution in [2.24, 2.45) is 0 Å². The zero-order chi connectivity index (χ0) is 15.6. The summed E-state index contributed by atoms with van der Waals surface area (Å²) in [6, 6.07) is 16.4. The molecule has 0 unspecified atom stereocenters. The fourth-order valence-corrected chi connectivity index (χ4v) is 3.43. The number of carbonyl (C=O) groups is 1. The molecule has 0 N–H and O–H groups in total. The van der Waals surface area contributed by atoms with E-state index in [1.54, 1.807) is 6.92 Å². The normalized spacial score (nSPS) is 14.5. The Kier molecular flexibility index (Phi) is 4.12. The number of hydrogen-bond donors (Lipinski definition) is 0. The average Bonchev–Trinajstić information content (AvgIpc) is 2.83. The number of unbranched alkanes of at least 4 members (excludes halogenated alkanes) is 1. The van der Waals surface area contributed by atoms with E-state index in [1.165, 1.54) is 0 Å². The van der Waals surface area contributed by atoms with Crippen molar-refractivity contribution in [1.29, 1.82) is 0 Å². The van der Waals surface area contributed by atoms with Crippen LogP contribution in [0.3, 0.4) is 0 Å². The Morgan fingerprint density at radius 2 is 1.55 bits per heavy atom. The van der Waals surface area contributed by atoms with E-state index in [4.69, 9.17) is 4.74 Å². The molecular formula is C20H22O2. The average molecular weight is 294 g/mol. The third-order valence-electron chi connectivity index (χ3n) is 4.63. The van der Waals surface area contributed by atoms with E-state index in [1.807, 2.05) is 24.3 Å². The van der Waals surface area contributed by atoms with E-state index in [-0.39, 0.29) is 5.78 Å². The van der Waals surface area contributed by atoms with Crippen LogP contribution < -0.4 is 0 Å². The molecule has 2 heteroatoms. The molecule has 1 aliphatic rings. The Hall–Kier alpha value is -1.93. The van der Waals surface area contributed by atoms with Crippen molar-refractivity contribution in [2.75, 3.05) is 13.2 Å². The largest absolute Gasteiger partial charge is 0.380 e. The Labute approximate surface area is 132 Å². The molecule has 114 valence electrons. The van der Waals surface area contributed by atoms with Crippen molar-refractivity contribution in [3.8, 4) is 11.1 Å². The molecule has 0 radical (unpaired) electrons. The van der Waals surface area contributed by atoms with Crippen LogP contribution in [-0.4, -0.2) is 19.0 Å². The molecular weight excluding hydrogens is 272 g/mol. The maximum Gasteiger partial charge on any atom is 0.147 e. The highest BCUT2D eigenvalue weighted by atomic mass is 16.5. The molecule has 0 saturated heterocycles. The van der Waals surface area contributed by atoms with E-state index < -0.39 is 5.41 Å². The van der Waals surface area contributed by atoms with Crippen LogP contribution in [0.1, 0.15) is 37.8 Å². The second kappa shape index (κ2) is 6.05. The summed E-state index contributed by atoms with van der Waals surface area (Å²) in [5, 5.41) is 0. The third kappa shape index (κ3) is 2.19. The molecule has 22 heavy (non-hydrogen) atoms. The first kappa shape index (κ1) is 15.0. The van der Waals surface area contributed by atoms with Crippen LogP contribution in [0.2, 0.25) is 0 Å². The van der Waals surface area contributed by atoms with E-state index >= 15 is 0 Å². The molecule has 0 atom stereocenters. The van der Waals surface area contributed by atoms with Gasteiger partial charge in [0, 0.05) is 6.61 Å². The van der Waals surface area contributed by atoms with Gasteiger partial charge in [-0.25, -0.2) is 0 Å². The van der Waals surface area contributed by atoms with Gasteiger partial charge in [-0.05, 0) is 35.6 Å². The summed E-state index contributed by atoms with van der Waals surface area (Å²) < 4.78 is 5.92. The van der Waals surface area contributed by atoms with E-state index in [2.05, 4.69) is 31.2 Å². The summed E-state index contributed by atoms with van der Waals surface area (Å²) in [6.45, 7) is 4.96. The van der Waals surface area contributed by atoms with Gasteiger partial charge in [-0.2, -0.15) is 0 Å². The monoisotopic (exact) mass is 294 g/mol. The van der Waals surface area contributed by atoms with E-state index in [0.29, 0.717) is 13.2 Å². The number of rotatable bonds is 6. The molecule has 0 aromatic heterocycles. The predicted octanol–water partition coefficient (Wildman–Crippen LogP) is 4.36. The van der Waals surface area contributed by atoms with Crippen molar-refractivity contribution < 1.29 is 9.53 Å². The minimum atomic E-state index is -0.652. The van der Waals surface area contributed by atoms with Gasteiger partial charge >= 0.3 is 0 Å². The molecule has 0 heterocycles. The van der Waals surface area contributed by atoms with Crippen molar-refractivity contribution >= 4 is 5.78 Å². The lowest BCUT2D eigenvalue weighted by Gasteiger charge is -2.29. The van der Waals surface area contributed by atoms with Gasteiger partial charge in [-0.1, -0.05) is 61.9 Å². The first-order valence-corrected chi connectivity index (χ1v) is 8.00. The van der Waals surface area contributed by atoms with Gasteiger partial charge in [0.15, 0.2) is 0 Å². The first-order valence-electron chi connectivity index (χ1n) is 8.00. The molecule has 1 aliphatic carbocycles. The quantitative estimate of drug-likeness (QED) is 0.740. The third-order valence-corrected chi connectivity index (χ3v) is 4.63. The lowest BCUT2D eigenvalue weighted by atomic mass is 9.75. The van der Waals surface area contributed by atoms with Gasteiger partial charge in [-0.3, -0.25) is 4.79 Å². The number of hydrogen-bond acceptors (Lipinski definition) is 2. The molecule has 2 nitrogen and oxygen atoms in total. The van der Waals surface area contributed by atoms with Gasteiger partial charge in [-0.15, -0.1) is 0 Å². The Bertz CT molecular complexity index is 642. The van der Waals surface area contributed by atoms with Gasteiger partial charge in [0.05, 0.1) is 6.61 Å². The fraction of sp³-hybridized carbons (Fsp3) is 0.350. The molecule has 0 spiro atoms. The van der Waals surface area contributed by atoms with Gasteiger partial charge in [0.25, 0.3) is 0 Å². The molecule has 0 saturated carbocycles. The molecule has 0 amide bonds. The van der Waals surface area contributed by atoms with Gasteiger partial charge < -0.3 is 4.74 Å². The van der Waals surface area contributed by atoms with Crippen molar-refractivity contribution in [2.45, 2.75) is 32.1 Å². The molecule has 3 rings (SSSR count). The highest BCUT2D eigenvalue weighted by Crippen LogP contribution is 2.49. The van der Waals surface area contributed by atoms with Crippen LogP contribution in [0.25, 0.3) is 11.1 Å². The van der Waals surface area contributed by atoms with Crippen LogP contribution in [0.5, 0.6) is 0 Å². The topological polar surface area (TPSA) is 26.3 Å². The van der Waals surface area contributed by atoms with Gasteiger partial charge in [0.2, 0.25) is 0 Å². The number of carbonyl (C=O) groups excluding carboxylic acids is 1. The van der Waals surface area contributed by atoms with Gasteiger partial charge in [0.1, 0.15) is 11.2 Å². The fourth-order valence-electron chi connectivity index (χ4n) is 3.43. The maximum atomic E-state index is 12.7. The zero-order valence-electron chi connectivity index (χ0n) is 13.3. The minimum absolute atomic E-state index is 0.154. The molecule has 2 aromatic rings. The first-order chi connectivity index (χ1) is 10.7. The Morgan fingerprint density at radius 3 is 2.05 bits per heavy atom. The van der Waals surface area contributed by atoms with Crippen LogP contribution in [0, 0.1) is 0 Å². The van der Waals surface area contributed by atoms with Crippen LogP contribution in [-0.2, 0) is 14.9 Å². The van der Waals surface area contributed by atoms with Crippen LogP contribution >= 0.6 is 0 Å². The minimum Gasteiger partial charge on any atom is -0.380 e. The standard InChI is InChI=1S/C20H22O2/c1-3-4-13-22-14-20(15(2)21)18-11-7-5-9-16(18)17-10-6-8-12-19(17)20/h5-12H,3-4,13-14H2,1-2H3. The van der Waals surface area contributed by atoms with Crippen molar-refractivity contribution in [1.82, 2.24) is 0 Å². The lowest BCUT2D eigenvalue weighted by molar-refractivity contribution is -0.123. The predicted molar refractivity (Wildman–Crippen MR) is 89.1 cm³/mol. The number of ether oxygens (including phenoxy) is 1. The summed E-state index contributed by atoms with van der Waals surface area (Å²) in [4.78, 5) is 12.7. The Balaban J connectivity index is 2.10. The van der Waals surface area contributed by atoms with Crippen LogP contribution in [0.15, 0.2) is 48.5 Å². The zero-order valence-corrected chi connectivity index (χ0v) is 13.3. The smallest absolute Gasteiger partial charge is 0.147 e. The highest BCUT2D eigenvalue weighted by molar-refractivity contribution is 6.00. The number of benzene rings is 2. The molecule has 0 aliphatic heterocycles. The van der Waals surface area contributed by atoms with Crippen molar-refractivity contribution in [3.05, 3.63) is 59.7 Å². The lowest BCUT2D eigenvalue weighted by Crippen LogP contribution is -2.38. The number of Topliss-reactive ketones (excluding diaryl/α,β-unsaturated/α-hetero) is 1. The second-order valence-electron chi connectivity index (χ2n) is 5.96. The summed E-state index contributed by atoms with van der Waals surface area (Å²) in [5.74, 6) is 0.154. The second-order valence-corrected chi connectivity index (χ2v) is 5.96. The molecule has 2 aromatic carbocycles. The van der Waals surface area contributed by atoms with E-state index in [0.717, 1.165) is 35.1 Å². The number of fused-ring (bicyclic) bond motifs is 3. The summed E-state index contributed by atoms with van der Waals surface area (Å²) in [7, 11) is 0. The maximum absolute atomic E-state index is 12.7. The highest BCUT2D eigenvalue weighted by Gasteiger charge is 2.47. The van der Waals surface area contributed by atoms with E-state index in [9.17, 15) is 4.79 Å². The number of ketones is 1. The SMILES string of the molecule is CCCCOCC1(C(C)=O)c2ccccc2-c2ccccc21. The molecule has 0 bridgehead atoms. The summed E-state index contributed by atoms with van der Waals surface area (Å²) in [5.41, 5.74) is 3.83. The summed E-state index contributed by atoms with van der Waals surface area (Å²) in [6.07, 6.45) is 2.12. The Morgan fingerprint density at radius 1 is 1.00 bits per heavy atom.